The van der Waals surface area contributed by atoms with E-state index in [0.717, 1.165) is 16.1 Å². The average molecular weight is 282 g/mol. The van der Waals surface area contributed by atoms with Crippen LogP contribution in [0.15, 0.2) is 78.0 Å². The van der Waals surface area contributed by atoms with Crippen molar-refractivity contribution in [3.05, 3.63) is 78.6 Å². The minimum atomic E-state index is -1.00. The van der Waals surface area contributed by atoms with Crippen molar-refractivity contribution < 1.29 is 4.21 Å². The fourth-order valence-corrected chi connectivity index (χ4v) is 3.10. The van der Waals surface area contributed by atoms with Gasteiger partial charge in [-0.05, 0) is 35.9 Å². The quantitative estimate of drug-likeness (QED) is 0.736. The normalized spacial score (nSPS) is 12.2. The van der Waals surface area contributed by atoms with Crippen molar-refractivity contribution in [2.75, 3.05) is 0 Å². The average Bonchev–Trinajstić information content (AvgIpc) is 3.03. The first-order valence-electron chi connectivity index (χ1n) is 6.35. The van der Waals surface area contributed by atoms with Crippen molar-refractivity contribution in [3.63, 3.8) is 0 Å². The highest BCUT2D eigenvalue weighted by Gasteiger charge is 2.05. The molecule has 0 aliphatic rings. The lowest BCUT2D eigenvalue weighted by Crippen LogP contribution is -1.98. The molecule has 100 valence electrons. The summed E-state index contributed by atoms with van der Waals surface area (Å²) in [6.07, 6.45) is 3.65. The molecule has 0 aliphatic carbocycles. The molecule has 3 rings (SSSR count). The third-order valence-electron chi connectivity index (χ3n) is 3.01. The molecule has 20 heavy (non-hydrogen) atoms. The molecule has 0 amide bonds. The number of hydrogen-bond acceptors (Lipinski definition) is 2. The zero-order chi connectivity index (χ0) is 13.8. The molecule has 2 aromatic carbocycles. The third kappa shape index (κ3) is 2.86. The van der Waals surface area contributed by atoms with E-state index in [9.17, 15) is 4.21 Å². The van der Waals surface area contributed by atoms with E-state index in [4.69, 9.17) is 0 Å². The Bertz CT molecular complexity index is 691. The third-order valence-corrected chi connectivity index (χ3v) is 4.40. The van der Waals surface area contributed by atoms with Crippen LogP contribution in [0, 0.1) is 0 Å². The zero-order valence-corrected chi connectivity index (χ0v) is 11.7. The summed E-state index contributed by atoms with van der Waals surface area (Å²) >= 11 is 0. The minimum Gasteiger partial charge on any atom is -0.254 e. The van der Waals surface area contributed by atoms with Gasteiger partial charge in [0.15, 0.2) is 0 Å². The van der Waals surface area contributed by atoms with Gasteiger partial charge >= 0.3 is 0 Å². The Morgan fingerprint density at radius 1 is 0.950 bits per heavy atom. The molecule has 0 bridgehead atoms. The molecular formula is C16H14N2OS. The maximum atomic E-state index is 12.2. The van der Waals surface area contributed by atoms with Gasteiger partial charge in [0.1, 0.15) is 0 Å². The standard InChI is InChI=1S/C16H14N2OS/c19-20(16-5-2-1-3-6-16)13-14-7-9-15(10-8-14)18-12-4-11-17-18/h1-12H,13H2/t20-/m0/s1. The van der Waals surface area contributed by atoms with Gasteiger partial charge in [-0.2, -0.15) is 5.10 Å². The predicted octanol–water partition coefficient (Wildman–Crippen LogP) is 3.18. The summed E-state index contributed by atoms with van der Waals surface area (Å²) in [5.74, 6) is 0.531. The molecule has 0 spiro atoms. The molecule has 0 aliphatic heterocycles. The number of rotatable bonds is 4. The second-order valence-corrected chi connectivity index (χ2v) is 5.87. The lowest BCUT2D eigenvalue weighted by molar-refractivity contribution is 0.682. The van der Waals surface area contributed by atoms with Crippen LogP contribution in [0.3, 0.4) is 0 Å². The van der Waals surface area contributed by atoms with Crippen LogP contribution in [0.25, 0.3) is 5.69 Å². The van der Waals surface area contributed by atoms with Crippen molar-refractivity contribution in [1.82, 2.24) is 9.78 Å². The van der Waals surface area contributed by atoms with Crippen LogP contribution in [0.1, 0.15) is 5.56 Å². The Hall–Kier alpha value is -2.20. The molecule has 0 N–H and O–H groups in total. The number of benzene rings is 2. The summed E-state index contributed by atoms with van der Waals surface area (Å²) in [5.41, 5.74) is 2.06. The van der Waals surface area contributed by atoms with Gasteiger partial charge in [-0.1, -0.05) is 30.3 Å². The molecule has 0 saturated heterocycles. The Balaban J connectivity index is 1.74. The summed E-state index contributed by atoms with van der Waals surface area (Å²) in [4.78, 5) is 0.864. The van der Waals surface area contributed by atoms with E-state index in [1.165, 1.54) is 0 Å². The first kappa shape index (κ1) is 12.8. The lowest BCUT2D eigenvalue weighted by atomic mass is 10.2. The second-order valence-electron chi connectivity index (χ2n) is 4.42. The largest absolute Gasteiger partial charge is 0.254 e. The Labute approximate surface area is 120 Å². The topological polar surface area (TPSA) is 34.9 Å². The SMILES string of the molecule is O=[S@@](Cc1ccc(-n2cccn2)cc1)c1ccccc1. The Morgan fingerprint density at radius 2 is 1.70 bits per heavy atom. The number of hydrogen-bond donors (Lipinski definition) is 0. The van der Waals surface area contributed by atoms with Gasteiger partial charge in [0, 0.05) is 17.3 Å². The lowest BCUT2D eigenvalue weighted by Gasteiger charge is -2.05. The van der Waals surface area contributed by atoms with Gasteiger partial charge in [0.2, 0.25) is 0 Å². The van der Waals surface area contributed by atoms with E-state index in [1.807, 2.05) is 66.9 Å². The molecular weight excluding hydrogens is 268 g/mol. The molecule has 3 nitrogen and oxygen atoms in total. The van der Waals surface area contributed by atoms with Crippen molar-refractivity contribution >= 4 is 10.8 Å². The van der Waals surface area contributed by atoms with Crippen LogP contribution in [-0.4, -0.2) is 14.0 Å². The van der Waals surface area contributed by atoms with E-state index in [1.54, 1.807) is 10.9 Å². The fraction of sp³-hybridized carbons (Fsp3) is 0.0625. The molecule has 0 saturated carbocycles. The monoisotopic (exact) mass is 282 g/mol. The maximum absolute atomic E-state index is 12.2. The zero-order valence-electron chi connectivity index (χ0n) is 10.8. The van der Waals surface area contributed by atoms with Crippen molar-refractivity contribution in [3.8, 4) is 5.69 Å². The highest BCUT2D eigenvalue weighted by atomic mass is 32.2. The molecule has 3 aromatic rings. The fourth-order valence-electron chi connectivity index (χ4n) is 1.97. The van der Waals surface area contributed by atoms with Gasteiger partial charge in [-0.25, -0.2) is 4.68 Å². The summed E-state index contributed by atoms with van der Waals surface area (Å²) < 4.78 is 14.0. The predicted molar refractivity (Wildman–Crippen MR) is 80.1 cm³/mol. The van der Waals surface area contributed by atoms with Crippen molar-refractivity contribution in [1.29, 1.82) is 0 Å². The van der Waals surface area contributed by atoms with E-state index in [0.29, 0.717) is 5.75 Å². The number of aromatic nitrogens is 2. The van der Waals surface area contributed by atoms with Gasteiger partial charge < -0.3 is 0 Å². The van der Waals surface area contributed by atoms with Crippen LogP contribution in [0.4, 0.5) is 0 Å². The minimum absolute atomic E-state index is 0.531. The summed E-state index contributed by atoms with van der Waals surface area (Å²) in [5, 5.41) is 4.18. The Morgan fingerprint density at radius 3 is 2.35 bits per heavy atom. The second kappa shape index (κ2) is 5.84. The van der Waals surface area contributed by atoms with Crippen molar-refractivity contribution in [2.45, 2.75) is 10.6 Å². The van der Waals surface area contributed by atoms with Gasteiger partial charge in [-0.15, -0.1) is 0 Å². The highest BCUT2D eigenvalue weighted by molar-refractivity contribution is 7.84. The highest BCUT2D eigenvalue weighted by Crippen LogP contribution is 2.14. The van der Waals surface area contributed by atoms with Crippen LogP contribution in [-0.2, 0) is 16.6 Å². The number of nitrogens with zero attached hydrogens (tertiary/aromatic N) is 2. The summed E-state index contributed by atoms with van der Waals surface area (Å²) in [6, 6.07) is 19.4. The molecule has 4 heteroatoms. The molecule has 1 heterocycles. The van der Waals surface area contributed by atoms with Crippen LogP contribution in [0.5, 0.6) is 0 Å². The molecule has 0 fully saturated rings. The van der Waals surface area contributed by atoms with E-state index in [-0.39, 0.29) is 0 Å². The van der Waals surface area contributed by atoms with Crippen LogP contribution < -0.4 is 0 Å². The van der Waals surface area contributed by atoms with E-state index >= 15 is 0 Å². The first-order chi connectivity index (χ1) is 9.83. The molecule has 1 aromatic heterocycles. The van der Waals surface area contributed by atoms with Gasteiger partial charge in [0.25, 0.3) is 0 Å². The van der Waals surface area contributed by atoms with Crippen molar-refractivity contribution in [2.24, 2.45) is 0 Å². The summed E-state index contributed by atoms with van der Waals surface area (Å²) in [6.45, 7) is 0. The van der Waals surface area contributed by atoms with Gasteiger partial charge in [0.05, 0.1) is 22.2 Å². The summed E-state index contributed by atoms with van der Waals surface area (Å²) in [7, 11) is -1.00. The maximum Gasteiger partial charge on any atom is 0.0645 e. The molecule has 0 unspecified atom stereocenters. The van der Waals surface area contributed by atoms with Gasteiger partial charge in [-0.3, -0.25) is 4.21 Å². The Kier molecular flexibility index (Phi) is 3.74. The van der Waals surface area contributed by atoms with E-state index < -0.39 is 10.8 Å². The first-order valence-corrected chi connectivity index (χ1v) is 7.67. The van der Waals surface area contributed by atoms with Crippen LogP contribution >= 0.6 is 0 Å². The van der Waals surface area contributed by atoms with Crippen LogP contribution in [0.2, 0.25) is 0 Å². The van der Waals surface area contributed by atoms with E-state index in [2.05, 4.69) is 5.10 Å². The molecule has 0 radical (unpaired) electrons. The molecule has 1 atom stereocenters. The smallest absolute Gasteiger partial charge is 0.0645 e.